The highest BCUT2D eigenvalue weighted by Crippen LogP contribution is 2.32. The monoisotopic (exact) mass is 365 g/mol. The number of carbonyl (C=O) groups excluding carboxylic acids is 1. The van der Waals surface area contributed by atoms with E-state index in [1.807, 2.05) is 24.3 Å². The van der Waals surface area contributed by atoms with Gasteiger partial charge in [0.05, 0.1) is 6.20 Å². The van der Waals surface area contributed by atoms with Gasteiger partial charge in [-0.3, -0.25) is 4.79 Å². The summed E-state index contributed by atoms with van der Waals surface area (Å²) in [5, 5.41) is 7.40. The highest BCUT2D eigenvalue weighted by atomic mass is 35.5. The van der Waals surface area contributed by atoms with Gasteiger partial charge in [-0.1, -0.05) is 23.4 Å². The van der Waals surface area contributed by atoms with Gasteiger partial charge in [0.25, 0.3) is 5.91 Å². The molecular weight excluding hydrogens is 350 g/mol. The number of nitrogens with one attached hydrogen (secondary N) is 2. The van der Waals surface area contributed by atoms with Crippen molar-refractivity contribution in [3.05, 3.63) is 40.4 Å². The van der Waals surface area contributed by atoms with E-state index in [1.165, 1.54) is 17.8 Å². The van der Waals surface area contributed by atoms with Crippen LogP contribution in [0.3, 0.4) is 0 Å². The fourth-order valence-electron chi connectivity index (χ4n) is 3.24. The molecule has 0 unspecified atom stereocenters. The Morgan fingerprint density at radius 1 is 1.35 bits per heavy atom. The summed E-state index contributed by atoms with van der Waals surface area (Å²) in [6.07, 6.45) is 5.11. The van der Waals surface area contributed by atoms with Crippen molar-refractivity contribution in [3.8, 4) is 0 Å². The average molecular weight is 366 g/mol. The van der Waals surface area contributed by atoms with Gasteiger partial charge in [-0.2, -0.15) is 0 Å². The number of aromatic nitrogens is 1. The first-order valence-electron chi connectivity index (χ1n) is 7.63. The lowest BCUT2D eigenvalue weighted by Crippen LogP contribution is -2.42. The molecule has 1 amide bonds. The Kier molecular flexibility index (Phi) is 4.32. The van der Waals surface area contributed by atoms with E-state index in [-0.39, 0.29) is 11.9 Å². The van der Waals surface area contributed by atoms with E-state index in [1.54, 1.807) is 18.0 Å². The lowest BCUT2D eigenvalue weighted by Gasteiger charge is -2.20. The third-order valence-corrected chi connectivity index (χ3v) is 6.67. The summed E-state index contributed by atoms with van der Waals surface area (Å²) in [7, 11) is 0. The summed E-state index contributed by atoms with van der Waals surface area (Å²) >= 11 is 8.86. The molecule has 0 saturated carbocycles. The molecule has 2 fully saturated rings. The number of carbonyl (C=O) groups is 1. The molecule has 3 heterocycles. The SMILES string of the molecule is O=C(N[C@@H]1C[C@H]2CC[C@@H]1N2)c1cnc(Sc2ccc(Cl)cc2)s1. The Hall–Kier alpha value is -1.08. The van der Waals surface area contributed by atoms with Crippen molar-refractivity contribution in [2.45, 2.75) is 46.6 Å². The molecule has 23 heavy (non-hydrogen) atoms. The Morgan fingerprint density at radius 2 is 2.17 bits per heavy atom. The minimum atomic E-state index is -0.00944. The van der Waals surface area contributed by atoms with Crippen molar-refractivity contribution in [1.82, 2.24) is 15.6 Å². The number of amides is 1. The molecule has 2 N–H and O–H groups in total. The molecule has 1 aromatic carbocycles. The fraction of sp³-hybridized carbons (Fsp3) is 0.375. The van der Waals surface area contributed by atoms with Crippen molar-refractivity contribution in [1.29, 1.82) is 0 Å². The first-order chi connectivity index (χ1) is 11.2. The maximum absolute atomic E-state index is 12.4. The normalized spacial score (nSPS) is 25.7. The topological polar surface area (TPSA) is 54.0 Å². The van der Waals surface area contributed by atoms with Crippen LogP contribution in [0.5, 0.6) is 0 Å². The van der Waals surface area contributed by atoms with E-state index in [9.17, 15) is 4.79 Å². The van der Waals surface area contributed by atoms with Crippen molar-refractivity contribution in [3.63, 3.8) is 0 Å². The van der Waals surface area contributed by atoms with Gasteiger partial charge >= 0.3 is 0 Å². The van der Waals surface area contributed by atoms with E-state index in [0.29, 0.717) is 22.0 Å². The van der Waals surface area contributed by atoms with Crippen LogP contribution in [0.1, 0.15) is 28.9 Å². The van der Waals surface area contributed by atoms with Gasteiger partial charge < -0.3 is 10.6 Å². The lowest BCUT2D eigenvalue weighted by atomic mass is 9.95. The number of rotatable bonds is 4. The molecule has 7 heteroatoms. The number of benzene rings is 1. The quantitative estimate of drug-likeness (QED) is 0.869. The van der Waals surface area contributed by atoms with Crippen molar-refractivity contribution in [2.75, 3.05) is 0 Å². The third-order valence-electron chi connectivity index (χ3n) is 4.34. The van der Waals surface area contributed by atoms with Crippen LogP contribution in [0.2, 0.25) is 5.02 Å². The fourth-order valence-corrected chi connectivity index (χ4v) is 5.22. The van der Waals surface area contributed by atoms with Crippen molar-refractivity contribution < 1.29 is 4.79 Å². The Morgan fingerprint density at radius 3 is 2.87 bits per heavy atom. The van der Waals surface area contributed by atoms with Gasteiger partial charge in [-0.15, -0.1) is 11.3 Å². The van der Waals surface area contributed by atoms with E-state index >= 15 is 0 Å². The van der Waals surface area contributed by atoms with Crippen LogP contribution in [-0.4, -0.2) is 29.0 Å². The van der Waals surface area contributed by atoms with Crippen LogP contribution in [0, 0.1) is 0 Å². The van der Waals surface area contributed by atoms with Gasteiger partial charge in [-0.25, -0.2) is 4.98 Å². The first kappa shape index (κ1) is 15.4. The van der Waals surface area contributed by atoms with E-state index in [4.69, 9.17) is 11.6 Å². The van der Waals surface area contributed by atoms with Crippen LogP contribution in [-0.2, 0) is 0 Å². The summed E-state index contributed by atoms with van der Waals surface area (Å²) in [6, 6.07) is 8.91. The summed E-state index contributed by atoms with van der Waals surface area (Å²) in [5.41, 5.74) is 0. The van der Waals surface area contributed by atoms with Gasteiger partial charge in [-0.05, 0) is 43.5 Å². The predicted molar refractivity (Wildman–Crippen MR) is 93.5 cm³/mol. The second kappa shape index (κ2) is 6.43. The minimum Gasteiger partial charge on any atom is -0.347 e. The number of hydrogen-bond acceptors (Lipinski definition) is 5. The lowest BCUT2D eigenvalue weighted by molar-refractivity contribution is 0.0935. The van der Waals surface area contributed by atoms with Gasteiger partial charge in [0.2, 0.25) is 0 Å². The van der Waals surface area contributed by atoms with Gasteiger partial charge in [0.15, 0.2) is 4.34 Å². The van der Waals surface area contributed by atoms with Gasteiger partial charge in [0, 0.05) is 28.0 Å². The molecule has 1 aromatic heterocycles. The van der Waals surface area contributed by atoms with Crippen LogP contribution in [0.4, 0.5) is 0 Å². The summed E-state index contributed by atoms with van der Waals surface area (Å²) < 4.78 is 0.864. The van der Waals surface area contributed by atoms with Gasteiger partial charge in [0.1, 0.15) is 4.88 Å². The number of hydrogen-bond donors (Lipinski definition) is 2. The maximum Gasteiger partial charge on any atom is 0.263 e. The first-order valence-corrected chi connectivity index (χ1v) is 9.64. The molecule has 120 valence electrons. The summed E-state index contributed by atoms with van der Waals surface area (Å²) in [6.45, 7) is 0. The van der Waals surface area contributed by atoms with E-state index < -0.39 is 0 Å². The molecule has 3 atom stereocenters. The number of fused-ring (bicyclic) bond motifs is 2. The number of thiazole rings is 1. The Bertz CT molecular complexity index is 718. The van der Waals surface area contributed by atoms with E-state index in [0.717, 1.165) is 22.1 Å². The zero-order valence-electron chi connectivity index (χ0n) is 12.3. The largest absolute Gasteiger partial charge is 0.347 e. The molecule has 2 aliphatic heterocycles. The summed E-state index contributed by atoms with van der Waals surface area (Å²) in [5.74, 6) is -0.00944. The summed E-state index contributed by atoms with van der Waals surface area (Å²) in [4.78, 5) is 18.5. The zero-order chi connectivity index (χ0) is 15.8. The molecule has 2 aliphatic rings. The molecule has 0 radical (unpaired) electrons. The minimum absolute atomic E-state index is 0.00944. The average Bonchev–Trinajstić information content (AvgIpc) is 3.26. The van der Waals surface area contributed by atoms with Crippen LogP contribution in [0.25, 0.3) is 0 Å². The molecular formula is C16H16ClN3OS2. The highest BCUT2D eigenvalue weighted by Gasteiger charge is 2.39. The van der Waals surface area contributed by atoms with Crippen LogP contribution >= 0.6 is 34.7 Å². The molecule has 4 nitrogen and oxygen atoms in total. The zero-order valence-corrected chi connectivity index (χ0v) is 14.7. The molecule has 0 spiro atoms. The maximum atomic E-state index is 12.4. The van der Waals surface area contributed by atoms with Crippen LogP contribution < -0.4 is 10.6 Å². The Labute approximate surface area is 148 Å². The standard InChI is InChI=1S/C16H16ClN3OS2/c17-9-1-4-11(5-2-9)22-16-18-8-14(23-16)15(21)20-13-7-10-3-6-12(13)19-10/h1-2,4-5,8,10,12-13,19H,3,6-7H2,(H,20,21)/t10-,12+,13-/m1/s1. The highest BCUT2D eigenvalue weighted by molar-refractivity contribution is 8.01. The smallest absolute Gasteiger partial charge is 0.263 e. The van der Waals surface area contributed by atoms with Crippen molar-refractivity contribution in [2.24, 2.45) is 0 Å². The molecule has 2 aromatic rings. The number of halogens is 1. The second-order valence-electron chi connectivity index (χ2n) is 5.91. The molecule has 2 bridgehead atoms. The molecule has 0 aliphatic carbocycles. The van der Waals surface area contributed by atoms with Crippen LogP contribution in [0.15, 0.2) is 39.7 Å². The van der Waals surface area contributed by atoms with E-state index in [2.05, 4.69) is 15.6 Å². The molecule has 2 saturated heterocycles. The number of nitrogens with zero attached hydrogens (tertiary/aromatic N) is 1. The predicted octanol–water partition coefficient (Wildman–Crippen LogP) is 3.57. The second-order valence-corrected chi connectivity index (χ2v) is 8.70. The molecule has 4 rings (SSSR count). The third kappa shape index (κ3) is 3.40. The van der Waals surface area contributed by atoms with Crippen molar-refractivity contribution >= 4 is 40.6 Å². The Balaban J connectivity index is 1.39.